The average Bonchev–Trinajstić information content (AvgIpc) is 3.19. The summed E-state index contributed by atoms with van der Waals surface area (Å²) in [5.41, 5.74) is 1.30. The second-order valence-corrected chi connectivity index (χ2v) is 6.78. The third-order valence-corrected chi connectivity index (χ3v) is 4.86. The molecule has 2 N–H and O–H groups in total. The van der Waals surface area contributed by atoms with Crippen molar-refractivity contribution in [2.75, 3.05) is 12.4 Å². The van der Waals surface area contributed by atoms with Crippen molar-refractivity contribution in [3.63, 3.8) is 0 Å². The smallest absolute Gasteiger partial charge is 0.254 e. The van der Waals surface area contributed by atoms with E-state index in [2.05, 4.69) is 20.4 Å². The van der Waals surface area contributed by atoms with E-state index in [-0.39, 0.29) is 29.0 Å². The number of amides is 1. The molecule has 1 atom stereocenters. The maximum absolute atomic E-state index is 12.9. The second kappa shape index (κ2) is 8.20. The molecule has 8 heteroatoms. The van der Waals surface area contributed by atoms with E-state index in [0.29, 0.717) is 12.2 Å². The highest BCUT2D eigenvalue weighted by Crippen LogP contribution is 2.23. The summed E-state index contributed by atoms with van der Waals surface area (Å²) in [6.45, 7) is 1.95. The Morgan fingerprint density at radius 1 is 1.17 bits per heavy atom. The number of hydrogen-bond donors (Lipinski definition) is 2. The lowest BCUT2D eigenvalue weighted by Crippen LogP contribution is -2.24. The average molecular weight is 403 g/mol. The van der Waals surface area contributed by atoms with Crippen LogP contribution in [0.4, 0.5) is 5.82 Å². The van der Waals surface area contributed by atoms with E-state index in [1.165, 1.54) is 10.6 Å². The topological polar surface area (TPSA) is 101 Å². The molecule has 0 aliphatic heterocycles. The fraction of sp³-hybridized carbons (Fsp3) is 0.182. The molecule has 0 spiro atoms. The first-order chi connectivity index (χ1) is 14.6. The number of H-pyrrole nitrogens is 1. The first kappa shape index (κ1) is 19.4. The fourth-order valence-corrected chi connectivity index (χ4v) is 3.32. The van der Waals surface area contributed by atoms with Crippen LogP contribution >= 0.6 is 0 Å². The Kier molecular flexibility index (Phi) is 5.30. The minimum atomic E-state index is -0.376. The van der Waals surface area contributed by atoms with Gasteiger partial charge in [-0.25, -0.2) is 0 Å². The van der Waals surface area contributed by atoms with Crippen molar-refractivity contribution in [3.05, 3.63) is 76.6 Å². The molecule has 1 amide bonds. The Morgan fingerprint density at radius 3 is 2.57 bits per heavy atom. The Balaban J connectivity index is 1.69. The highest BCUT2D eigenvalue weighted by Gasteiger charge is 2.20. The Labute approximate surface area is 172 Å². The first-order valence-electron chi connectivity index (χ1n) is 9.59. The van der Waals surface area contributed by atoms with Gasteiger partial charge in [0.25, 0.3) is 5.56 Å². The van der Waals surface area contributed by atoms with Crippen molar-refractivity contribution in [2.24, 2.45) is 0 Å². The molecular formula is C22H21N5O3. The Morgan fingerprint density at radius 2 is 1.90 bits per heavy atom. The van der Waals surface area contributed by atoms with E-state index in [4.69, 9.17) is 4.74 Å². The summed E-state index contributed by atoms with van der Waals surface area (Å²) < 4.78 is 6.60. The van der Waals surface area contributed by atoms with Crippen molar-refractivity contribution < 1.29 is 9.53 Å². The summed E-state index contributed by atoms with van der Waals surface area (Å²) in [5, 5.41) is 7.31. The van der Waals surface area contributed by atoms with Crippen LogP contribution in [0.15, 0.2) is 65.5 Å². The second-order valence-electron chi connectivity index (χ2n) is 6.78. The maximum atomic E-state index is 12.9. The third kappa shape index (κ3) is 3.80. The monoisotopic (exact) mass is 403 g/mol. The van der Waals surface area contributed by atoms with Crippen LogP contribution in [0.25, 0.3) is 17.2 Å². The molecule has 0 aliphatic rings. The van der Waals surface area contributed by atoms with Gasteiger partial charge in [-0.2, -0.15) is 9.50 Å². The summed E-state index contributed by atoms with van der Waals surface area (Å²) in [4.78, 5) is 32.1. The van der Waals surface area contributed by atoms with Gasteiger partial charge in [0.05, 0.1) is 13.0 Å². The number of carbonyl (C=O) groups excluding carboxylic acids is 1. The summed E-state index contributed by atoms with van der Waals surface area (Å²) in [7, 11) is 1.59. The number of aromatic amines is 1. The lowest BCUT2D eigenvalue weighted by atomic mass is 9.96. The number of fused-ring (bicyclic) bond motifs is 1. The normalized spacial score (nSPS) is 11.9. The molecule has 0 saturated carbocycles. The van der Waals surface area contributed by atoms with Gasteiger partial charge in [0, 0.05) is 11.6 Å². The lowest BCUT2D eigenvalue weighted by Gasteiger charge is -2.15. The van der Waals surface area contributed by atoms with E-state index in [9.17, 15) is 9.59 Å². The van der Waals surface area contributed by atoms with Gasteiger partial charge in [-0.1, -0.05) is 37.3 Å². The number of nitrogens with one attached hydrogen (secondary N) is 2. The van der Waals surface area contributed by atoms with Gasteiger partial charge in [-0.05, 0) is 36.2 Å². The van der Waals surface area contributed by atoms with Gasteiger partial charge in [0.1, 0.15) is 11.6 Å². The van der Waals surface area contributed by atoms with E-state index in [1.54, 1.807) is 19.2 Å². The molecule has 0 bridgehead atoms. The molecule has 2 heterocycles. The van der Waals surface area contributed by atoms with E-state index >= 15 is 0 Å². The molecule has 4 aromatic rings. The SMILES string of the molecule is CC[C@@H](C(=O)Nc1cc(=O)[nH]c2nc(-c3ccc(OC)cc3)nn12)c1ccccc1. The molecular weight excluding hydrogens is 382 g/mol. The molecule has 0 radical (unpaired) electrons. The first-order valence-corrected chi connectivity index (χ1v) is 9.59. The van der Waals surface area contributed by atoms with Crippen LogP contribution in [0, 0.1) is 0 Å². The molecule has 0 fully saturated rings. The van der Waals surface area contributed by atoms with Gasteiger partial charge in [-0.3, -0.25) is 14.6 Å². The zero-order chi connectivity index (χ0) is 21.1. The largest absolute Gasteiger partial charge is 0.497 e. The van der Waals surface area contributed by atoms with Gasteiger partial charge in [-0.15, -0.1) is 5.10 Å². The highest BCUT2D eigenvalue weighted by molar-refractivity contribution is 5.95. The Hall–Kier alpha value is -3.94. The van der Waals surface area contributed by atoms with Crippen molar-refractivity contribution in [1.82, 2.24) is 19.6 Å². The minimum absolute atomic E-state index is 0.211. The minimum Gasteiger partial charge on any atom is -0.497 e. The summed E-state index contributed by atoms with van der Waals surface area (Å²) in [6.07, 6.45) is 0.622. The number of ether oxygens (including phenoxy) is 1. The number of nitrogens with zero attached hydrogens (tertiary/aromatic N) is 3. The molecule has 2 aromatic heterocycles. The molecule has 2 aromatic carbocycles. The molecule has 152 valence electrons. The maximum Gasteiger partial charge on any atom is 0.254 e. The van der Waals surface area contributed by atoms with Crippen molar-refractivity contribution >= 4 is 17.5 Å². The summed E-state index contributed by atoms with van der Waals surface area (Å²) in [6, 6.07) is 18.1. The van der Waals surface area contributed by atoms with Gasteiger partial charge in [0.2, 0.25) is 11.7 Å². The van der Waals surface area contributed by atoms with Crippen molar-refractivity contribution in [2.45, 2.75) is 19.3 Å². The standard InChI is InChI=1S/C22H21N5O3/c1-3-17(14-7-5-4-6-8-14)21(29)23-18-13-19(28)24-22-25-20(26-27(18)22)15-9-11-16(30-2)12-10-15/h4-13,17H,3H2,1-2H3,(H,23,29)(H,24,25,26,28)/t17-/m1/s1. The molecule has 4 rings (SSSR count). The van der Waals surface area contributed by atoms with Crippen LogP contribution in [-0.2, 0) is 4.79 Å². The van der Waals surface area contributed by atoms with E-state index in [1.807, 2.05) is 49.4 Å². The van der Waals surface area contributed by atoms with Gasteiger partial charge in [0.15, 0.2) is 5.82 Å². The highest BCUT2D eigenvalue weighted by atomic mass is 16.5. The zero-order valence-electron chi connectivity index (χ0n) is 16.6. The summed E-state index contributed by atoms with van der Waals surface area (Å²) >= 11 is 0. The van der Waals surface area contributed by atoms with Crippen LogP contribution in [0.1, 0.15) is 24.8 Å². The van der Waals surface area contributed by atoms with Crippen LogP contribution in [-0.4, -0.2) is 32.6 Å². The Bertz CT molecular complexity index is 1230. The molecule has 0 saturated heterocycles. The number of methoxy groups -OCH3 is 1. The predicted molar refractivity (Wildman–Crippen MR) is 114 cm³/mol. The summed E-state index contributed by atoms with van der Waals surface area (Å²) in [5.74, 6) is 1.10. The van der Waals surface area contributed by atoms with Crippen molar-refractivity contribution in [1.29, 1.82) is 0 Å². The molecule has 0 aliphatic carbocycles. The number of benzene rings is 2. The van der Waals surface area contributed by atoms with Crippen LogP contribution in [0.3, 0.4) is 0 Å². The third-order valence-electron chi connectivity index (χ3n) is 4.86. The molecule has 8 nitrogen and oxygen atoms in total. The molecule has 0 unspecified atom stereocenters. The molecule has 30 heavy (non-hydrogen) atoms. The number of aromatic nitrogens is 4. The number of rotatable bonds is 6. The number of carbonyl (C=O) groups is 1. The van der Waals surface area contributed by atoms with Crippen LogP contribution in [0.5, 0.6) is 5.75 Å². The lowest BCUT2D eigenvalue weighted by molar-refractivity contribution is -0.117. The van der Waals surface area contributed by atoms with Crippen LogP contribution < -0.4 is 15.6 Å². The zero-order valence-corrected chi connectivity index (χ0v) is 16.6. The quantitative estimate of drug-likeness (QED) is 0.515. The van der Waals surface area contributed by atoms with Gasteiger partial charge >= 0.3 is 0 Å². The number of hydrogen-bond acceptors (Lipinski definition) is 5. The fourth-order valence-electron chi connectivity index (χ4n) is 3.32. The van der Waals surface area contributed by atoms with Gasteiger partial charge < -0.3 is 10.1 Å². The van der Waals surface area contributed by atoms with Crippen molar-refractivity contribution in [3.8, 4) is 17.1 Å². The number of anilines is 1. The van der Waals surface area contributed by atoms with E-state index < -0.39 is 0 Å². The predicted octanol–water partition coefficient (Wildman–Crippen LogP) is 3.23. The van der Waals surface area contributed by atoms with Crippen LogP contribution in [0.2, 0.25) is 0 Å². The van der Waals surface area contributed by atoms with E-state index in [0.717, 1.165) is 16.9 Å².